The second-order valence-corrected chi connectivity index (χ2v) is 5.14. The molecule has 0 bridgehead atoms. The van der Waals surface area contributed by atoms with Gasteiger partial charge in [-0.2, -0.15) is 4.98 Å². The van der Waals surface area contributed by atoms with E-state index in [-0.39, 0.29) is 0 Å². The quantitative estimate of drug-likeness (QED) is 0.936. The maximum absolute atomic E-state index is 5.28. The number of nitrogens with one attached hydrogen (secondary N) is 1. The van der Waals surface area contributed by atoms with E-state index in [9.17, 15) is 0 Å². The lowest BCUT2D eigenvalue weighted by molar-refractivity contribution is 0.382. The number of piperidine rings is 1. The molecule has 3 rings (SSSR count). The molecule has 2 aromatic rings. The zero-order valence-electron chi connectivity index (χ0n) is 12.1. The molecule has 2 heterocycles. The summed E-state index contributed by atoms with van der Waals surface area (Å²) in [6, 6.07) is 7.81. The lowest BCUT2D eigenvalue weighted by Crippen LogP contribution is -2.28. The average Bonchev–Trinajstić information content (AvgIpc) is 3.03. The average molecular weight is 285 g/mol. The number of ether oxygens (including phenoxy) is 1. The smallest absolute Gasteiger partial charge is 0.250 e. The Bertz CT molecular complexity index is 598. The number of hydrogen-bond donors (Lipinski definition) is 1. The third-order valence-corrected chi connectivity index (χ3v) is 3.65. The van der Waals surface area contributed by atoms with Crippen molar-refractivity contribution in [3.8, 4) is 5.75 Å². The Kier molecular flexibility index (Phi) is 4.31. The molecule has 1 saturated heterocycles. The molecular weight excluding hydrogens is 266 g/mol. The van der Waals surface area contributed by atoms with E-state index in [0.29, 0.717) is 11.8 Å². The Morgan fingerprint density at radius 1 is 1.29 bits per heavy atom. The van der Waals surface area contributed by atoms with Gasteiger partial charge >= 0.3 is 0 Å². The highest BCUT2D eigenvalue weighted by atomic mass is 16.5. The van der Waals surface area contributed by atoms with Crippen LogP contribution in [-0.4, -0.2) is 30.3 Å². The van der Waals surface area contributed by atoms with Crippen LogP contribution in [0.4, 0.5) is 0 Å². The lowest BCUT2D eigenvalue weighted by atomic mass is 9.99. The molecule has 0 saturated carbocycles. The summed E-state index contributed by atoms with van der Waals surface area (Å²) in [6.07, 6.45) is 6.08. The molecule has 1 aliphatic rings. The molecule has 1 atom stereocenters. The molecule has 1 unspecified atom stereocenters. The third kappa shape index (κ3) is 3.49. The van der Waals surface area contributed by atoms with Crippen molar-refractivity contribution >= 4 is 12.2 Å². The molecule has 110 valence electrons. The van der Waals surface area contributed by atoms with Crippen LogP contribution in [0.1, 0.15) is 36.0 Å². The topological polar surface area (TPSA) is 60.2 Å². The van der Waals surface area contributed by atoms with Crippen molar-refractivity contribution in [2.75, 3.05) is 20.2 Å². The number of rotatable bonds is 4. The van der Waals surface area contributed by atoms with Gasteiger partial charge in [0.1, 0.15) is 5.75 Å². The van der Waals surface area contributed by atoms with E-state index < -0.39 is 0 Å². The van der Waals surface area contributed by atoms with E-state index in [1.807, 2.05) is 36.4 Å². The van der Waals surface area contributed by atoms with Crippen LogP contribution in [0, 0.1) is 0 Å². The molecular formula is C16H19N3O2. The van der Waals surface area contributed by atoms with E-state index in [4.69, 9.17) is 9.26 Å². The van der Waals surface area contributed by atoms with Crippen LogP contribution in [0.2, 0.25) is 0 Å². The maximum atomic E-state index is 5.28. The highest BCUT2D eigenvalue weighted by Crippen LogP contribution is 2.21. The summed E-state index contributed by atoms with van der Waals surface area (Å²) in [4.78, 5) is 4.45. The SMILES string of the molecule is COc1ccc(C=Cc2nc(C3CCCNC3)no2)cc1. The van der Waals surface area contributed by atoms with Gasteiger partial charge in [-0.05, 0) is 43.2 Å². The fraction of sp³-hybridized carbons (Fsp3) is 0.375. The molecule has 21 heavy (non-hydrogen) atoms. The van der Waals surface area contributed by atoms with Gasteiger partial charge < -0.3 is 14.6 Å². The number of nitrogens with zero attached hydrogens (tertiary/aromatic N) is 2. The van der Waals surface area contributed by atoms with Gasteiger partial charge in [0.2, 0.25) is 0 Å². The Labute approximate surface area is 124 Å². The second-order valence-electron chi connectivity index (χ2n) is 5.14. The van der Waals surface area contributed by atoms with Crippen molar-refractivity contribution in [2.24, 2.45) is 0 Å². The summed E-state index contributed by atoms with van der Waals surface area (Å²) in [5.41, 5.74) is 1.06. The fourth-order valence-corrected chi connectivity index (χ4v) is 2.44. The van der Waals surface area contributed by atoms with Crippen molar-refractivity contribution < 1.29 is 9.26 Å². The van der Waals surface area contributed by atoms with Crippen LogP contribution >= 0.6 is 0 Å². The van der Waals surface area contributed by atoms with Gasteiger partial charge in [0.15, 0.2) is 5.82 Å². The van der Waals surface area contributed by atoms with Crippen LogP contribution < -0.4 is 10.1 Å². The number of hydrogen-bond acceptors (Lipinski definition) is 5. The van der Waals surface area contributed by atoms with Crippen molar-refractivity contribution in [3.63, 3.8) is 0 Å². The molecule has 0 spiro atoms. The summed E-state index contributed by atoms with van der Waals surface area (Å²) >= 11 is 0. The predicted molar refractivity (Wildman–Crippen MR) is 81.1 cm³/mol. The minimum atomic E-state index is 0.366. The van der Waals surface area contributed by atoms with Gasteiger partial charge in [-0.25, -0.2) is 0 Å². The first-order valence-corrected chi connectivity index (χ1v) is 7.21. The largest absolute Gasteiger partial charge is 0.497 e. The van der Waals surface area contributed by atoms with Crippen molar-refractivity contribution in [2.45, 2.75) is 18.8 Å². The molecule has 1 N–H and O–H groups in total. The molecule has 5 nitrogen and oxygen atoms in total. The van der Waals surface area contributed by atoms with Crippen LogP contribution in [0.25, 0.3) is 12.2 Å². The van der Waals surface area contributed by atoms with E-state index in [0.717, 1.165) is 43.1 Å². The van der Waals surface area contributed by atoms with E-state index in [2.05, 4.69) is 15.5 Å². The molecule has 0 amide bonds. The molecule has 1 aliphatic heterocycles. The normalized spacial score (nSPS) is 19.0. The lowest BCUT2D eigenvalue weighted by Gasteiger charge is -2.19. The van der Waals surface area contributed by atoms with Gasteiger partial charge in [0.05, 0.1) is 7.11 Å². The number of aromatic nitrogens is 2. The summed E-state index contributed by atoms with van der Waals surface area (Å²) in [5.74, 6) is 2.56. The molecule has 5 heteroatoms. The summed E-state index contributed by atoms with van der Waals surface area (Å²) in [5, 5.41) is 7.44. The Balaban J connectivity index is 1.66. The molecule has 1 aromatic carbocycles. The molecule has 0 aliphatic carbocycles. The molecule has 1 fully saturated rings. The maximum Gasteiger partial charge on any atom is 0.250 e. The fourth-order valence-electron chi connectivity index (χ4n) is 2.44. The van der Waals surface area contributed by atoms with Gasteiger partial charge in [-0.1, -0.05) is 17.3 Å². The first kappa shape index (κ1) is 13.8. The minimum absolute atomic E-state index is 0.366. The second kappa shape index (κ2) is 6.54. The van der Waals surface area contributed by atoms with Crippen LogP contribution in [0.15, 0.2) is 28.8 Å². The predicted octanol–water partition coefficient (Wildman–Crippen LogP) is 2.72. The van der Waals surface area contributed by atoms with Gasteiger partial charge in [0, 0.05) is 18.5 Å². The van der Waals surface area contributed by atoms with Crippen molar-refractivity contribution in [1.29, 1.82) is 0 Å². The van der Waals surface area contributed by atoms with E-state index in [1.54, 1.807) is 7.11 Å². The first-order valence-electron chi connectivity index (χ1n) is 7.21. The zero-order chi connectivity index (χ0) is 14.5. The first-order chi connectivity index (χ1) is 10.3. The minimum Gasteiger partial charge on any atom is -0.497 e. The molecule has 1 aromatic heterocycles. The summed E-state index contributed by atoms with van der Waals surface area (Å²) in [6.45, 7) is 2.01. The Morgan fingerprint density at radius 2 is 2.14 bits per heavy atom. The van der Waals surface area contributed by atoms with Crippen molar-refractivity contribution in [1.82, 2.24) is 15.5 Å². The third-order valence-electron chi connectivity index (χ3n) is 3.65. The van der Waals surface area contributed by atoms with Gasteiger partial charge in [-0.15, -0.1) is 0 Å². The monoisotopic (exact) mass is 285 g/mol. The van der Waals surface area contributed by atoms with Crippen molar-refractivity contribution in [3.05, 3.63) is 41.5 Å². The highest BCUT2D eigenvalue weighted by Gasteiger charge is 2.19. The Morgan fingerprint density at radius 3 is 2.86 bits per heavy atom. The standard InChI is InChI=1S/C16H19N3O2/c1-20-14-7-4-12(5-8-14)6-9-15-18-16(19-21-15)13-3-2-10-17-11-13/h4-9,13,17H,2-3,10-11H2,1H3. The zero-order valence-corrected chi connectivity index (χ0v) is 12.1. The highest BCUT2D eigenvalue weighted by molar-refractivity contribution is 5.66. The van der Waals surface area contributed by atoms with E-state index in [1.165, 1.54) is 0 Å². The van der Waals surface area contributed by atoms with Crippen LogP contribution in [-0.2, 0) is 0 Å². The number of benzene rings is 1. The Hall–Kier alpha value is -2.14. The summed E-state index contributed by atoms with van der Waals surface area (Å²) < 4.78 is 10.4. The van der Waals surface area contributed by atoms with Gasteiger partial charge in [0.25, 0.3) is 5.89 Å². The van der Waals surface area contributed by atoms with Gasteiger partial charge in [-0.3, -0.25) is 0 Å². The molecule has 0 radical (unpaired) electrons. The van der Waals surface area contributed by atoms with Crippen LogP contribution in [0.5, 0.6) is 5.75 Å². The number of methoxy groups -OCH3 is 1. The van der Waals surface area contributed by atoms with E-state index >= 15 is 0 Å². The summed E-state index contributed by atoms with van der Waals surface area (Å²) in [7, 11) is 1.66. The van der Waals surface area contributed by atoms with Crippen LogP contribution in [0.3, 0.4) is 0 Å².